The topological polar surface area (TPSA) is 68.2 Å². The Morgan fingerprint density at radius 2 is 1.59 bits per heavy atom. The quantitative estimate of drug-likeness (QED) is 0.341. The largest absolute Gasteiger partial charge is 0.507 e. The van der Waals surface area contributed by atoms with Gasteiger partial charge >= 0.3 is 0 Å². The third-order valence-corrected chi connectivity index (χ3v) is 6.53. The van der Waals surface area contributed by atoms with E-state index in [1.807, 2.05) is 0 Å². The van der Waals surface area contributed by atoms with Crippen molar-refractivity contribution in [3.05, 3.63) is 100 Å². The number of carbonyl (C=O) groups excluding carboxylic acids is 1. The molecular formula is C27H29BrN4O2. The molecule has 0 radical (unpaired) electrons. The lowest BCUT2D eigenvalue weighted by Crippen LogP contribution is -2.48. The van der Waals surface area contributed by atoms with Crippen molar-refractivity contribution in [1.82, 2.24) is 15.2 Å². The molecule has 0 saturated carbocycles. The Bertz CT molecular complexity index is 1060. The molecule has 1 aliphatic heterocycles. The van der Waals surface area contributed by atoms with Crippen LogP contribution in [0.1, 0.15) is 29.2 Å². The molecule has 6 nitrogen and oxygen atoms in total. The molecule has 0 unspecified atom stereocenters. The Morgan fingerprint density at radius 3 is 2.21 bits per heavy atom. The van der Waals surface area contributed by atoms with Gasteiger partial charge in [-0.1, -0.05) is 76.6 Å². The van der Waals surface area contributed by atoms with E-state index in [-0.39, 0.29) is 17.7 Å². The Kier molecular flexibility index (Phi) is 8.46. The fraction of sp³-hybridized carbons (Fsp3) is 0.259. The molecule has 0 aliphatic carbocycles. The number of halogens is 1. The third kappa shape index (κ3) is 6.53. The first-order chi connectivity index (χ1) is 16.6. The van der Waals surface area contributed by atoms with E-state index in [1.165, 1.54) is 17.3 Å². The number of aromatic hydroxyl groups is 1. The number of phenols is 1. The highest BCUT2D eigenvalue weighted by molar-refractivity contribution is 9.10. The van der Waals surface area contributed by atoms with Crippen molar-refractivity contribution in [3.8, 4) is 5.75 Å². The summed E-state index contributed by atoms with van der Waals surface area (Å²) in [6.45, 7) is 4.41. The van der Waals surface area contributed by atoms with Crippen molar-refractivity contribution in [3.63, 3.8) is 0 Å². The van der Waals surface area contributed by atoms with Gasteiger partial charge in [0.1, 0.15) is 5.75 Å². The number of rotatable bonds is 8. The standard InChI is InChI=1S/C27H29BrN4O2/c28-24-11-12-25(33)23(19-24)20-29-30-26(34)13-14-31-15-17-32(18-16-31)27(21-7-3-1-4-8-21)22-9-5-2-6-10-22/h1-12,19-20,27,33H,13-18H2,(H,30,34)/b29-20-. The molecule has 1 amide bonds. The highest BCUT2D eigenvalue weighted by Crippen LogP contribution is 2.29. The average molecular weight is 521 g/mol. The Balaban J connectivity index is 1.27. The predicted molar refractivity (Wildman–Crippen MR) is 139 cm³/mol. The number of phenolic OH excluding ortho intramolecular Hbond substituents is 1. The molecule has 0 bridgehead atoms. The van der Waals surface area contributed by atoms with Crippen LogP contribution in [-0.2, 0) is 4.79 Å². The van der Waals surface area contributed by atoms with Crippen LogP contribution >= 0.6 is 15.9 Å². The molecule has 4 rings (SSSR count). The highest BCUT2D eigenvalue weighted by Gasteiger charge is 2.26. The van der Waals surface area contributed by atoms with Crippen LogP contribution in [0.25, 0.3) is 0 Å². The fourth-order valence-electron chi connectivity index (χ4n) is 4.25. The summed E-state index contributed by atoms with van der Waals surface area (Å²) in [5.74, 6) is -0.0250. The number of nitrogens with one attached hydrogen (secondary N) is 1. The van der Waals surface area contributed by atoms with Crippen LogP contribution in [0.2, 0.25) is 0 Å². The molecule has 34 heavy (non-hydrogen) atoms. The zero-order chi connectivity index (χ0) is 23.8. The maximum atomic E-state index is 12.2. The number of carbonyl (C=O) groups is 1. The van der Waals surface area contributed by atoms with Crippen LogP contribution in [0, 0.1) is 0 Å². The molecule has 0 atom stereocenters. The number of amides is 1. The van der Waals surface area contributed by atoms with Gasteiger partial charge in [-0.25, -0.2) is 5.43 Å². The number of nitrogens with zero attached hydrogens (tertiary/aromatic N) is 3. The van der Waals surface area contributed by atoms with E-state index in [0.29, 0.717) is 18.5 Å². The third-order valence-electron chi connectivity index (χ3n) is 6.04. The number of hydrogen-bond donors (Lipinski definition) is 2. The smallest absolute Gasteiger partial charge is 0.241 e. The van der Waals surface area contributed by atoms with Gasteiger partial charge in [0.15, 0.2) is 0 Å². The molecule has 1 fully saturated rings. The van der Waals surface area contributed by atoms with Gasteiger partial charge < -0.3 is 10.0 Å². The minimum atomic E-state index is -0.139. The molecule has 3 aromatic rings. The first kappa shape index (κ1) is 24.1. The minimum Gasteiger partial charge on any atom is -0.507 e. The van der Waals surface area contributed by atoms with Gasteiger partial charge in [-0.05, 0) is 29.3 Å². The number of hydrazone groups is 1. The maximum Gasteiger partial charge on any atom is 0.241 e. The van der Waals surface area contributed by atoms with Crippen molar-refractivity contribution >= 4 is 28.1 Å². The van der Waals surface area contributed by atoms with Crippen LogP contribution < -0.4 is 5.43 Å². The Hall–Kier alpha value is -3.00. The van der Waals surface area contributed by atoms with Gasteiger partial charge in [0.05, 0.1) is 12.3 Å². The van der Waals surface area contributed by atoms with Crippen molar-refractivity contribution in [2.24, 2.45) is 5.10 Å². The summed E-state index contributed by atoms with van der Waals surface area (Å²) in [7, 11) is 0. The molecule has 1 saturated heterocycles. The molecule has 7 heteroatoms. The lowest BCUT2D eigenvalue weighted by Gasteiger charge is -2.39. The SMILES string of the molecule is O=C(CCN1CCN(C(c2ccccc2)c2ccccc2)CC1)N/N=C\c1cc(Br)ccc1O. The molecule has 1 aliphatic rings. The first-order valence-electron chi connectivity index (χ1n) is 11.5. The number of hydrogen-bond acceptors (Lipinski definition) is 5. The van der Waals surface area contributed by atoms with Gasteiger partial charge in [0.25, 0.3) is 0 Å². The fourth-order valence-corrected chi connectivity index (χ4v) is 4.63. The normalized spacial score (nSPS) is 15.1. The second-order valence-corrected chi connectivity index (χ2v) is 9.26. The molecule has 3 aromatic carbocycles. The van der Waals surface area contributed by atoms with E-state index in [0.717, 1.165) is 30.7 Å². The summed E-state index contributed by atoms with van der Waals surface area (Å²) < 4.78 is 0.832. The highest BCUT2D eigenvalue weighted by atomic mass is 79.9. The lowest BCUT2D eigenvalue weighted by molar-refractivity contribution is -0.121. The van der Waals surface area contributed by atoms with Crippen LogP contribution in [-0.4, -0.2) is 59.8 Å². The molecule has 1 heterocycles. The van der Waals surface area contributed by atoms with Crippen molar-refractivity contribution in [2.75, 3.05) is 32.7 Å². The number of benzene rings is 3. The first-order valence-corrected chi connectivity index (χ1v) is 12.3. The van der Waals surface area contributed by atoms with Gasteiger partial charge in [0.2, 0.25) is 5.91 Å². The van der Waals surface area contributed by atoms with Gasteiger partial charge in [-0.3, -0.25) is 9.69 Å². The molecule has 0 spiro atoms. The van der Waals surface area contributed by atoms with Crippen LogP contribution in [0.3, 0.4) is 0 Å². The van der Waals surface area contributed by atoms with Crippen molar-refractivity contribution in [2.45, 2.75) is 12.5 Å². The van der Waals surface area contributed by atoms with Crippen molar-refractivity contribution in [1.29, 1.82) is 0 Å². The van der Waals surface area contributed by atoms with Gasteiger partial charge in [0, 0.05) is 49.2 Å². The second kappa shape index (κ2) is 11.9. The number of piperazine rings is 1. The average Bonchev–Trinajstić information content (AvgIpc) is 2.87. The maximum absolute atomic E-state index is 12.2. The monoisotopic (exact) mass is 520 g/mol. The van der Waals surface area contributed by atoms with E-state index in [2.05, 4.69) is 96.9 Å². The van der Waals surface area contributed by atoms with E-state index in [1.54, 1.807) is 18.2 Å². The summed E-state index contributed by atoms with van der Waals surface area (Å²) in [6, 6.07) is 26.6. The van der Waals surface area contributed by atoms with Crippen LogP contribution in [0.15, 0.2) is 88.4 Å². The summed E-state index contributed by atoms with van der Waals surface area (Å²) in [4.78, 5) is 17.1. The molecule has 176 valence electrons. The Labute approximate surface area is 209 Å². The van der Waals surface area contributed by atoms with Crippen molar-refractivity contribution < 1.29 is 9.90 Å². The van der Waals surface area contributed by atoms with E-state index in [9.17, 15) is 9.90 Å². The summed E-state index contributed by atoms with van der Waals surface area (Å²) >= 11 is 3.36. The van der Waals surface area contributed by atoms with Crippen LogP contribution in [0.5, 0.6) is 5.75 Å². The molecule has 2 N–H and O–H groups in total. The zero-order valence-corrected chi connectivity index (χ0v) is 20.6. The lowest BCUT2D eigenvalue weighted by atomic mass is 9.96. The zero-order valence-electron chi connectivity index (χ0n) is 19.0. The summed E-state index contributed by atoms with van der Waals surface area (Å²) in [6.07, 6.45) is 1.83. The van der Waals surface area contributed by atoms with Crippen LogP contribution in [0.4, 0.5) is 0 Å². The van der Waals surface area contributed by atoms with Gasteiger partial charge in [-0.15, -0.1) is 0 Å². The minimum absolute atomic E-state index is 0.114. The second-order valence-electron chi connectivity index (χ2n) is 8.35. The Morgan fingerprint density at radius 1 is 0.971 bits per heavy atom. The summed E-state index contributed by atoms with van der Waals surface area (Å²) in [5.41, 5.74) is 5.70. The molecular weight excluding hydrogens is 492 g/mol. The van der Waals surface area contributed by atoms with E-state index < -0.39 is 0 Å². The van der Waals surface area contributed by atoms with Gasteiger partial charge in [-0.2, -0.15) is 5.10 Å². The molecule has 0 aromatic heterocycles. The van der Waals surface area contributed by atoms with E-state index in [4.69, 9.17) is 0 Å². The summed E-state index contributed by atoms with van der Waals surface area (Å²) in [5, 5.41) is 13.8. The van der Waals surface area contributed by atoms with E-state index >= 15 is 0 Å². The predicted octanol–water partition coefficient (Wildman–Crippen LogP) is 4.40.